The van der Waals surface area contributed by atoms with Crippen LogP contribution in [0, 0.1) is 34.8 Å². The molecule has 0 aromatic carbocycles. The molecule has 1 amide bonds. The molecule has 0 unspecified atom stereocenters. The molecule has 0 spiro atoms. The summed E-state index contributed by atoms with van der Waals surface area (Å²) in [5.41, 5.74) is 1.19. The first-order valence-electron chi connectivity index (χ1n) is 9.80. The summed E-state index contributed by atoms with van der Waals surface area (Å²) in [7, 11) is 1.59. The number of thiazole rings is 1. The van der Waals surface area contributed by atoms with Crippen molar-refractivity contribution in [2.75, 3.05) is 5.32 Å². The molecule has 0 radical (unpaired) electrons. The van der Waals surface area contributed by atoms with Crippen LogP contribution in [0.1, 0.15) is 60.4 Å². The summed E-state index contributed by atoms with van der Waals surface area (Å²) >= 11 is 1.40. The fraction of sp³-hybridized carbons (Fsp3) is 0.632. The molecule has 2 heterocycles. The second-order valence-corrected chi connectivity index (χ2v) is 9.71. The second-order valence-electron chi connectivity index (χ2n) is 8.85. The van der Waals surface area contributed by atoms with Crippen LogP contribution in [0.25, 0.3) is 0 Å². The highest BCUT2D eigenvalue weighted by Crippen LogP contribution is 2.60. The summed E-state index contributed by atoms with van der Waals surface area (Å²) in [6, 6.07) is 0. The quantitative estimate of drug-likeness (QED) is 0.620. The Morgan fingerprint density at radius 1 is 1.29 bits per heavy atom. The number of amides is 1. The molecule has 8 nitrogen and oxygen atoms in total. The van der Waals surface area contributed by atoms with Crippen molar-refractivity contribution in [2.24, 2.45) is 24.8 Å². The molecule has 4 saturated carbocycles. The molecule has 2 aromatic heterocycles. The van der Waals surface area contributed by atoms with Crippen molar-refractivity contribution in [3.63, 3.8) is 0 Å². The molecular weight excluding hydrogens is 378 g/mol. The number of rotatable bonds is 4. The number of carbonyl (C=O) groups is 1. The van der Waals surface area contributed by atoms with Gasteiger partial charge in [-0.05, 0) is 63.2 Å². The van der Waals surface area contributed by atoms with Crippen LogP contribution in [0.5, 0.6) is 0 Å². The lowest BCUT2D eigenvalue weighted by Crippen LogP contribution is -2.48. The van der Waals surface area contributed by atoms with Crippen LogP contribution in [0.3, 0.4) is 0 Å². The summed E-state index contributed by atoms with van der Waals surface area (Å²) in [6.07, 6.45) is 7.74. The van der Waals surface area contributed by atoms with Gasteiger partial charge in [0.2, 0.25) is 5.69 Å². The van der Waals surface area contributed by atoms with Gasteiger partial charge in [-0.1, -0.05) is 0 Å². The number of aryl methyl sites for hydroxylation is 1. The van der Waals surface area contributed by atoms with Crippen molar-refractivity contribution >= 4 is 28.1 Å². The van der Waals surface area contributed by atoms with E-state index in [4.69, 9.17) is 4.98 Å². The van der Waals surface area contributed by atoms with Gasteiger partial charge in [0.05, 0.1) is 10.6 Å². The summed E-state index contributed by atoms with van der Waals surface area (Å²) in [6.45, 7) is 1.58. The molecule has 9 heteroatoms. The van der Waals surface area contributed by atoms with Crippen LogP contribution >= 0.6 is 11.3 Å². The number of nitrogens with one attached hydrogen (secondary N) is 1. The van der Waals surface area contributed by atoms with E-state index in [-0.39, 0.29) is 16.8 Å². The minimum atomic E-state index is -0.582. The molecule has 1 N–H and O–H groups in total. The minimum absolute atomic E-state index is 0.168. The Balaban J connectivity index is 1.39. The van der Waals surface area contributed by atoms with Crippen LogP contribution in [-0.2, 0) is 12.5 Å². The Bertz CT molecular complexity index is 943. The van der Waals surface area contributed by atoms with E-state index in [1.165, 1.54) is 54.5 Å². The monoisotopic (exact) mass is 401 g/mol. The number of anilines is 1. The van der Waals surface area contributed by atoms with Crippen molar-refractivity contribution in [1.82, 2.24) is 14.8 Å². The van der Waals surface area contributed by atoms with Crippen molar-refractivity contribution in [2.45, 2.75) is 50.9 Å². The maximum Gasteiger partial charge on any atom is 0.322 e. The number of carbonyl (C=O) groups excluding carboxylic acids is 1. The third kappa shape index (κ3) is 2.67. The summed E-state index contributed by atoms with van der Waals surface area (Å²) < 4.78 is 1.36. The lowest BCUT2D eigenvalue weighted by molar-refractivity contribution is -0.385. The molecule has 28 heavy (non-hydrogen) atoms. The fourth-order valence-corrected chi connectivity index (χ4v) is 6.95. The van der Waals surface area contributed by atoms with Crippen molar-refractivity contribution in [1.29, 1.82) is 0 Å². The highest BCUT2D eigenvalue weighted by Gasteiger charge is 2.52. The number of aromatic nitrogens is 3. The van der Waals surface area contributed by atoms with Crippen LogP contribution in [0.4, 0.5) is 10.8 Å². The third-order valence-electron chi connectivity index (χ3n) is 7.01. The van der Waals surface area contributed by atoms with Crippen molar-refractivity contribution in [3.05, 3.63) is 32.6 Å². The molecule has 4 aliphatic rings. The van der Waals surface area contributed by atoms with Gasteiger partial charge in [0.15, 0.2) is 5.13 Å². The van der Waals surface area contributed by atoms with Gasteiger partial charge in [-0.15, -0.1) is 11.3 Å². The van der Waals surface area contributed by atoms with E-state index in [1.807, 2.05) is 0 Å². The average molecular weight is 401 g/mol. The van der Waals surface area contributed by atoms with Gasteiger partial charge in [-0.25, -0.2) is 4.98 Å². The standard InChI is InChI=1S/C19H23N5O3S/c1-10-16(24(26)27)15(22-23(10)2)17(25)21-18-20-14(9-28-18)19-6-11-3-12(7-19)5-13(4-11)8-19/h9,11-13H,3-8H2,1-2H3,(H,20,21,25). The van der Waals surface area contributed by atoms with E-state index < -0.39 is 10.8 Å². The van der Waals surface area contributed by atoms with Gasteiger partial charge in [0.1, 0.15) is 5.69 Å². The van der Waals surface area contributed by atoms with Crippen molar-refractivity contribution < 1.29 is 9.72 Å². The fourth-order valence-electron chi connectivity index (χ4n) is 6.12. The van der Waals surface area contributed by atoms with E-state index >= 15 is 0 Å². The minimum Gasteiger partial charge on any atom is -0.296 e. The maximum absolute atomic E-state index is 12.6. The Kier molecular flexibility index (Phi) is 3.88. The topological polar surface area (TPSA) is 103 Å². The van der Waals surface area contributed by atoms with E-state index in [0.717, 1.165) is 23.4 Å². The van der Waals surface area contributed by atoms with Crippen molar-refractivity contribution in [3.8, 4) is 0 Å². The predicted molar refractivity (Wildman–Crippen MR) is 105 cm³/mol. The smallest absolute Gasteiger partial charge is 0.296 e. The number of hydrogen-bond acceptors (Lipinski definition) is 6. The maximum atomic E-state index is 12.6. The molecule has 2 aromatic rings. The first-order valence-corrected chi connectivity index (χ1v) is 10.7. The molecular formula is C19H23N5O3S. The molecule has 0 atom stereocenters. The zero-order valence-corrected chi connectivity index (χ0v) is 16.8. The number of hydrogen-bond donors (Lipinski definition) is 1. The Morgan fingerprint density at radius 2 is 1.89 bits per heavy atom. The summed E-state index contributed by atoms with van der Waals surface area (Å²) in [5.74, 6) is 1.89. The van der Waals surface area contributed by atoms with Gasteiger partial charge in [-0.3, -0.25) is 24.9 Å². The van der Waals surface area contributed by atoms with Gasteiger partial charge in [0, 0.05) is 17.8 Å². The van der Waals surface area contributed by atoms with Crippen LogP contribution < -0.4 is 5.32 Å². The predicted octanol–water partition coefficient (Wildman–Crippen LogP) is 3.81. The Hall–Kier alpha value is -2.29. The highest BCUT2D eigenvalue weighted by molar-refractivity contribution is 7.14. The first kappa shape index (κ1) is 17.8. The molecule has 148 valence electrons. The lowest BCUT2D eigenvalue weighted by Gasteiger charge is -2.56. The summed E-state index contributed by atoms with van der Waals surface area (Å²) in [5, 5.41) is 20.7. The van der Waals surface area contributed by atoms with Crippen LogP contribution in [-0.4, -0.2) is 25.6 Å². The molecule has 4 fully saturated rings. The van der Waals surface area contributed by atoms with E-state index in [1.54, 1.807) is 14.0 Å². The second kappa shape index (κ2) is 6.10. The van der Waals surface area contributed by atoms with Gasteiger partial charge >= 0.3 is 5.69 Å². The SMILES string of the molecule is Cc1c([N+](=O)[O-])c(C(=O)Nc2nc(C34CC5CC(CC(C5)C3)C4)cs2)nn1C. The Morgan fingerprint density at radius 3 is 2.46 bits per heavy atom. The molecule has 6 rings (SSSR count). The summed E-state index contributed by atoms with van der Waals surface area (Å²) in [4.78, 5) is 28.2. The zero-order valence-electron chi connectivity index (χ0n) is 16.0. The largest absolute Gasteiger partial charge is 0.322 e. The number of nitrogens with zero attached hydrogens (tertiary/aromatic N) is 4. The third-order valence-corrected chi connectivity index (χ3v) is 7.76. The van der Waals surface area contributed by atoms with Crippen LogP contribution in [0.2, 0.25) is 0 Å². The normalized spacial score (nSPS) is 30.6. The van der Waals surface area contributed by atoms with E-state index in [9.17, 15) is 14.9 Å². The van der Waals surface area contributed by atoms with Gasteiger partial charge in [-0.2, -0.15) is 5.10 Å². The average Bonchev–Trinajstić information content (AvgIpc) is 3.19. The zero-order chi connectivity index (χ0) is 19.6. The van der Waals surface area contributed by atoms with Gasteiger partial charge < -0.3 is 0 Å². The number of nitro groups is 1. The highest BCUT2D eigenvalue weighted by atomic mass is 32.1. The van der Waals surface area contributed by atoms with Crippen LogP contribution in [0.15, 0.2) is 5.38 Å². The molecule has 0 saturated heterocycles. The molecule has 4 aliphatic carbocycles. The first-order chi connectivity index (χ1) is 13.3. The molecule has 0 aliphatic heterocycles. The van der Waals surface area contributed by atoms with E-state index in [2.05, 4.69) is 15.8 Å². The van der Waals surface area contributed by atoms with Gasteiger partial charge in [0.25, 0.3) is 5.91 Å². The Labute approximate surface area is 166 Å². The lowest BCUT2D eigenvalue weighted by atomic mass is 9.49. The van der Waals surface area contributed by atoms with E-state index in [0.29, 0.717) is 10.8 Å². The molecule has 4 bridgehead atoms.